The highest BCUT2D eigenvalue weighted by atomic mass is 127. The number of hydrogen-bond donors (Lipinski definition) is 1. The van der Waals surface area contributed by atoms with Gasteiger partial charge < -0.3 is 5.73 Å². The van der Waals surface area contributed by atoms with Gasteiger partial charge in [-0.3, -0.25) is 4.68 Å². The SMILES string of the molecule is NCC(c1cccc(Br)c1)n1cc(I)cn1. The van der Waals surface area contributed by atoms with Crippen molar-refractivity contribution in [1.82, 2.24) is 9.78 Å². The molecule has 0 bridgehead atoms. The predicted molar refractivity (Wildman–Crippen MR) is 76.3 cm³/mol. The van der Waals surface area contributed by atoms with Crippen molar-refractivity contribution < 1.29 is 0 Å². The smallest absolute Gasteiger partial charge is 0.0891 e. The van der Waals surface area contributed by atoms with Crippen LogP contribution < -0.4 is 5.73 Å². The third-order valence-corrected chi connectivity index (χ3v) is 3.40. The van der Waals surface area contributed by atoms with E-state index in [0.29, 0.717) is 6.54 Å². The Hall–Kier alpha value is -0.400. The summed E-state index contributed by atoms with van der Waals surface area (Å²) in [4.78, 5) is 0. The molecule has 1 aromatic carbocycles. The van der Waals surface area contributed by atoms with E-state index in [0.717, 1.165) is 13.6 Å². The second kappa shape index (κ2) is 5.29. The Balaban J connectivity index is 2.36. The number of rotatable bonds is 3. The zero-order chi connectivity index (χ0) is 11.5. The van der Waals surface area contributed by atoms with Crippen molar-refractivity contribution in [1.29, 1.82) is 0 Å². The maximum Gasteiger partial charge on any atom is 0.0891 e. The van der Waals surface area contributed by atoms with Gasteiger partial charge in [-0.25, -0.2) is 0 Å². The normalized spacial score (nSPS) is 12.7. The molecule has 2 N–H and O–H groups in total. The molecule has 5 heteroatoms. The van der Waals surface area contributed by atoms with Crippen molar-refractivity contribution in [3.05, 3.63) is 50.3 Å². The van der Waals surface area contributed by atoms with Crippen molar-refractivity contribution in [3.63, 3.8) is 0 Å². The van der Waals surface area contributed by atoms with Crippen LogP contribution in [0, 0.1) is 3.57 Å². The molecule has 0 aliphatic carbocycles. The fourth-order valence-corrected chi connectivity index (χ4v) is 2.42. The Morgan fingerprint density at radius 3 is 2.88 bits per heavy atom. The van der Waals surface area contributed by atoms with Crippen LogP contribution in [-0.4, -0.2) is 16.3 Å². The summed E-state index contributed by atoms with van der Waals surface area (Å²) < 4.78 is 4.08. The summed E-state index contributed by atoms with van der Waals surface area (Å²) in [6.45, 7) is 0.536. The lowest BCUT2D eigenvalue weighted by molar-refractivity contribution is 0.531. The first-order chi connectivity index (χ1) is 7.70. The quantitative estimate of drug-likeness (QED) is 0.817. The molecule has 1 heterocycles. The highest BCUT2D eigenvalue weighted by Crippen LogP contribution is 2.21. The largest absolute Gasteiger partial charge is 0.328 e. The number of nitrogens with two attached hydrogens (primary N) is 1. The molecule has 1 unspecified atom stereocenters. The van der Waals surface area contributed by atoms with E-state index < -0.39 is 0 Å². The van der Waals surface area contributed by atoms with Gasteiger partial charge in [-0.05, 0) is 40.3 Å². The van der Waals surface area contributed by atoms with Crippen LogP contribution in [0.15, 0.2) is 41.1 Å². The molecule has 0 saturated carbocycles. The molecule has 1 aromatic heterocycles. The van der Waals surface area contributed by atoms with Crippen molar-refractivity contribution >= 4 is 38.5 Å². The van der Waals surface area contributed by atoms with Gasteiger partial charge in [0.25, 0.3) is 0 Å². The summed E-state index contributed by atoms with van der Waals surface area (Å²) >= 11 is 5.71. The predicted octanol–water partition coefficient (Wildman–Crippen LogP) is 2.80. The number of nitrogens with zero attached hydrogens (tertiary/aromatic N) is 2. The van der Waals surface area contributed by atoms with E-state index in [2.05, 4.69) is 55.8 Å². The first-order valence-electron chi connectivity index (χ1n) is 4.86. The van der Waals surface area contributed by atoms with Crippen LogP contribution >= 0.6 is 38.5 Å². The van der Waals surface area contributed by atoms with Crippen molar-refractivity contribution in [2.24, 2.45) is 5.73 Å². The lowest BCUT2D eigenvalue weighted by Gasteiger charge is -2.16. The van der Waals surface area contributed by atoms with Crippen molar-refractivity contribution in [3.8, 4) is 0 Å². The topological polar surface area (TPSA) is 43.8 Å². The highest BCUT2D eigenvalue weighted by Gasteiger charge is 2.12. The Morgan fingerprint density at radius 1 is 1.50 bits per heavy atom. The Labute approximate surface area is 116 Å². The highest BCUT2D eigenvalue weighted by molar-refractivity contribution is 14.1. The van der Waals surface area contributed by atoms with Gasteiger partial charge in [-0.15, -0.1) is 0 Å². The average Bonchev–Trinajstić information content (AvgIpc) is 2.66. The Morgan fingerprint density at radius 2 is 2.31 bits per heavy atom. The van der Waals surface area contributed by atoms with E-state index in [9.17, 15) is 0 Å². The molecule has 84 valence electrons. The molecule has 16 heavy (non-hydrogen) atoms. The monoisotopic (exact) mass is 391 g/mol. The first-order valence-corrected chi connectivity index (χ1v) is 6.73. The molecule has 0 radical (unpaired) electrons. The van der Waals surface area contributed by atoms with Gasteiger partial charge in [0.2, 0.25) is 0 Å². The fraction of sp³-hybridized carbons (Fsp3) is 0.182. The zero-order valence-electron chi connectivity index (χ0n) is 8.48. The second-order valence-electron chi connectivity index (χ2n) is 3.45. The average molecular weight is 392 g/mol. The third kappa shape index (κ3) is 2.64. The van der Waals surface area contributed by atoms with Gasteiger partial charge in [0.15, 0.2) is 0 Å². The van der Waals surface area contributed by atoms with Crippen LogP contribution in [0.2, 0.25) is 0 Å². The molecule has 0 aliphatic rings. The molecule has 1 atom stereocenters. The minimum absolute atomic E-state index is 0.0982. The minimum Gasteiger partial charge on any atom is -0.328 e. The second-order valence-corrected chi connectivity index (χ2v) is 5.61. The molecule has 0 amide bonds. The number of hydrogen-bond acceptors (Lipinski definition) is 2. The van der Waals surface area contributed by atoms with Gasteiger partial charge in [-0.2, -0.15) is 5.10 Å². The summed E-state index contributed by atoms with van der Waals surface area (Å²) in [5, 5.41) is 4.31. The zero-order valence-corrected chi connectivity index (χ0v) is 12.2. The maximum absolute atomic E-state index is 5.82. The summed E-state index contributed by atoms with van der Waals surface area (Å²) in [6, 6.07) is 8.25. The van der Waals surface area contributed by atoms with Crippen molar-refractivity contribution in [2.75, 3.05) is 6.54 Å². The molecule has 3 nitrogen and oxygen atoms in total. The molecule has 0 aliphatic heterocycles. The standard InChI is InChI=1S/C11H11BrIN3/c12-9-3-1-2-8(4-9)11(5-14)16-7-10(13)6-15-16/h1-4,6-7,11H,5,14H2. The summed E-state index contributed by atoms with van der Waals surface area (Å²) in [5.41, 5.74) is 6.98. The maximum atomic E-state index is 5.82. The van der Waals surface area contributed by atoms with Crippen LogP contribution in [0.4, 0.5) is 0 Å². The lowest BCUT2D eigenvalue weighted by atomic mass is 10.1. The van der Waals surface area contributed by atoms with Crippen LogP contribution in [-0.2, 0) is 0 Å². The van der Waals surface area contributed by atoms with Crippen molar-refractivity contribution in [2.45, 2.75) is 6.04 Å². The molecule has 2 aromatic rings. The van der Waals surface area contributed by atoms with Crippen LogP contribution in [0.1, 0.15) is 11.6 Å². The van der Waals surface area contributed by atoms with E-state index in [1.807, 2.05) is 29.2 Å². The summed E-state index contributed by atoms with van der Waals surface area (Å²) in [6.07, 6.45) is 3.83. The van der Waals surface area contributed by atoms with Crippen LogP contribution in [0.3, 0.4) is 0 Å². The van der Waals surface area contributed by atoms with Crippen LogP contribution in [0.25, 0.3) is 0 Å². The van der Waals surface area contributed by atoms with Gasteiger partial charge in [0.1, 0.15) is 0 Å². The first kappa shape index (κ1) is 12.1. The summed E-state index contributed by atoms with van der Waals surface area (Å²) in [7, 11) is 0. The minimum atomic E-state index is 0.0982. The number of benzene rings is 1. The molecular formula is C11H11BrIN3. The molecular weight excluding hydrogens is 381 g/mol. The molecule has 2 rings (SSSR count). The van der Waals surface area contributed by atoms with Crippen LogP contribution in [0.5, 0.6) is 0 Å². The van der Waals surface area contributed by atoms with E-state index in [-0.39, 0.29) is 6.04 Å². The van der Waals surface area contributed by atoms with Gasteiger partial charge in [0.05, 0.1) is 15.8 Å². The summed E-state index contributed by atoms with van der Waals surface area (Å²) in [5.74, 6) is 0. The Bertz CT molecular complexity index is 484. The Kier molecular flexibility index (Phi) is 3.99. The molecule has 0 spiro atoms. The van der Waals surface area contributed by atoms with Gasteiger partial charge >= 0.3 is 0 Å². The third-order valence-electron chi connectivity index (χ3n) is 2.35. The fourth-order valence-electron chi connectivity index (χ4n) is 1.60. The molecule has 0 fully saturated rings. The van der Waals surface area contributed by atoms with E-state index in [1.165, 1.54) is 0 Å². The molecule has 0 saturated heterocycles. The van der Waals surface area contributed by atoms with Gasteiger partial charge in [0, 0.05) is 17.2 Å². The number of aromatic nitrogens is 2. The lowest BCUT2D eigenvalue weighted by Crippen LogP contribution is -2.20. The van der Waals surface area contributed by atoms with E-state index >= 15 is 0 Å². The van der Waals surface area contributed by atoms with E-state index in [4.69, 9.17) is 5.73 Å². The van der Waals surface area contributed by atoms with E-state index in [1.54, 1.807) is 0 Å². The van der Waals surface area contributed by atoms with Gasteiger partial charge in [-0.1, -0.05) is 28.1 Å². The number of halogens is 2.